The topological polar surface area (TPSA) is 54.5 Å². The number of ether oxygens (including phenoxy) is 1. The lowest BCUT2D eigenvalue weighted by Crippen LogP contribution is -2.41. The summed E-state index contributed by atoms with van der Waals surface area (Å²) in [6, 6.07) is 7.99. The molecule has 3 atom stereocenters. The summed E-state index contributed by atoms with van der Waals surface area (Å²) >= 11 is 1.80. The number of rotatable bonds is 4. The maximum atomic E-state index is 12.6. The number of fused-ring (bicyclic) bond motifs is 1. The van der Waals surface area contributed by atoms with Crippen molar-refractivity contribution in [2.45, 2.75) is 38.5 Å². The summed E-state index contributed by atoms with van der Waals surface area (Å²) in [6.07, 6.45) is 3.47. The number of piperidine rings is 1. The molecule has 4 heterocycles. The van der Waals surface area contributed by atoms with Gasteiger partial charge in [0.25, 0.3) is 5.91 Å². The van der Waals surface area contributed by atoms with Gasteiger partial charge in [0.15, 0.2) is 0 Å². The Morgan fingerprint density at radius 1 is 1.44 bits per heavy atom. The van der Waals surface area contributed by atoms with Crippen molar-refractivity contribution in [2.24, 2.45) is 5.92 Å². The highest BCUT2D eigenvalue weighted by Crippen LogP contribution is 2.34. The highest BCUT2D eigenvalue weighted by Gasteiger charge is 2.41. The highest BCUT2D eigenvalue weighted by molar-refractivity contribution is 7.09. The number of amides is 1. The third-order valence-corrected chi connectivity index (χ3v) is 6.01. The molecular formula is C19H23N3O2S. The van der Waals surface area contributed by atoms with Gasteiger partial charge >= 0.3 is 0 Å². The van der Waals surface area contributed by atoms with Gasteiger partial charge < -0.3 is 10.1 Å². The van der Waals surface area contributed by atoms with E-state index >= 15 is 0 Å². The number of hydrogen-bond acceptors (Lipinski definition) is 5. The van der Waals surface area contributed by atoms with Gasteiger partial charge in [0, 0.05) is 24.2 Å². The van der Waals surface area contributed by atoms with Gasteiger partial charge in [0.05, 0.1) is 17.5 Å². The largest absolute Gasteiger partial charge is 0.364 e. The van der Waals surface area contributed by atoms with E-state index in [1.165, 1.54) is 4.88 Å². The van der Waals surface area contributed by atoms with E-state index < -0.39 is 0 Å². The smallest absolute Gasteiger partial charge is 0.253 e. The number of thiophene rings is 1. The van der Waals surface area contributed by atoms with Crippen molar-refractivity contribution in [3.05, 3.63) is 46.4 Å². The van der Waals surface area contributed by atoms with Gasteiger partial charge in [0.2, 0.25) is 0 Å². The van der Waals surface area contributed by atoms with Crippen molar-refractivity contribution in [3.63, 3.8) is 0 Å². The van der Waals surface area contributed by atoms with Gasteiger partial charge in [-0.3, -0.25) is 14.7 Å². The van der Waals surface area contributed by atoms with Crippen LogP contribution in [0.15, 0.2) is 35.8 Å². The molecule has 0 aliphatic carbocycles. The molecule has 1 amide bonds. The second-order valence-electron chi connectivity index (χ2n) is 6.89. The van der Waals surface area contributed by atoms with Crippen LogP contribution < -0.4 is 5.32 Å². The van der Waals surface area contributed by atoms with Gasteiger partial charge in [-0.2, -0.15) is 0 Å². The number of anilines is 1. The summed E-state index contributed by atoms with van der Waals surface area (Å²) in [5, 5.41) is 5.09. The summed E-state index contributed by atoms with van der Waals surface area (Å²) in [5.41, 5.74) is 1.60. The summed E-state index contributed by atoms with van der Waals surface area (Å²) in [5.74, 6) is 0.445. The minimum Gasteiger partial charge on any atom is -0.364 e. The van der Waals surface area contributed by atoms with Crippen molar-refractivity contribution in [2.75, 3.05) is 18.4 Å². The molecule has 6 heteroatoms. The fourth-order valence-corrected chi connectivity index (χ4v) is 4.51. The van der Waals surface area contributed by atoms with Gasteiger partial charge in [-0.05, 0) is 55.8 Å². The Morgan fingerprint density at radius 3 is 3.16 bits per heavy atom. The summed E-state index contributed by atoms with van der Waals surface area (Å²) in [7, 11) is 0. The molecule has 2 aliphatic rings. The SMILES string of the molecule is Cc1ncccc1NC(=O)[C@H]1C[C@@H]2CCN(Cc3cccs3)C[C@@H]2O1. The van der Waals surface area contributed by atoms with E-state index in [0.29, 0.717) is 5.92 Å². The number of aromatic nitrogens is 1. The van der Waals surface area contributed by atoms with Crippen molar-refractivity contribution < 1.29 is 9.53 Å². The third kappa shape index (κ3) is 3.76. The fraction of sp³-hybridized carbons (Fsp3) is 0.474. The van der Waals surface area contributed by atoms with E-state index in [-0.39, 0.29) is 18.1 Å². The third-order valence-electron chi connectivity index (χ3n) is 5.15. The molecule has 4 rings (SSSR count). The Kier molecular flexibility index (Phi) is 4.83. The molecule has 2 aromatic heterocycles. The first-order chi connectivity index (χ1) is 12.2. The number of likely N-dealkylation sites (tertiary alicyclic amines) is 1. The maximum absolute atomic E-state index is 12.6. The van der Waals surface area contributed by atoms with Crippen LogP contribution >= 0.6 is 11.3 Å². The lowest BCUT2D eigenvalue weighted by Gasteiger charge is -2.33. The lowest BCUT2D eigenvalue weighted by atomic mass is 9.91. The number of nitrogens with zero attached hydrogens (tertiary/aromatic N) is 2. The second-order valence-corrected chi connectivity index (χ2v) is 7.92. The van der Waals surface area contributed by atoms with E-state index in [9.17, 15) is 4.79 Å². The molecule has 2 aliphatic heterocycles. The molecule has 25 heavy (non-hydrogen) atoms. The van der Waals surface area contributed by atoms with Crippen LogP contribution in [0.4, 0.5) is 5.69 Å². The van der Waals surface area contributed by atoms with Crippen LogP contribution in [0.25, 0.3) is 0 Å². The molecule has 2 saturated heterocycles. The number of aryl methyl sites for hydroxylation is 1. The fourth-order valence-electron chi connectivity index (χ4n) is 3.76. The number of pyridine rings is 1. The van der Waals surface area contributed by atoms with Crippen LogP contribution in [-0.2, 0) is 16.1 Å². The Balaban J connectivity index is 1.34. The average Bonchev–Trinajstić information content (AvgIpc) is 3.26. The molecule has 0 radical (unpaired) electrons. The van der Waals surface area contributed by atoms with E-state index in [1.807, 2.05) is 19.1 Å². The average molecular weight is 357 g/mol. The molecule has 132 valence electrons. The van der Waals surface area contributed by atoms with Crippen LogP contribution in [0.1, 0.15) is 23.4 Å². The van der Waals surface area contributed by atoms with Crippen LogP contribution in [-0.4, -0.2) is 41.1 Å². The van der Waals surface area contributed by atoms with Crippen molar-refractivity contribution in [1.82, 2.24) is 9.88 Å². The maximum Gasteiger partial charge on any atom is 0.253 e. The summed E-state index contributed by atoms with van der Waals surface area (Å²) in [6.45, 7) is 4.88. The van der Waals surface area contributed by atoms with E-state index in [2.05, 4.69) is 32.7 Å². The number of carbonyl (C=O) groups excluding carboxylic acids is 1. The molecule has 2 fully saturated rings. The molecule has 0 bridgehead atoms. The predicted octanol–water partition coefficient (Wildman–Crippen LogP) is 3.07. The molecule has 0 unspecified atom stereocenters. The van der Waals surface area contributed by atoms with Gasteiger partial charge in [-0.1, -0.05) is 6.07 Å². The first-order valence-electron chi connectivity index (χ1n) is 8.82. The number of carbonyl (C=O) groups is 1. The molecule has 0 aromatic carbocycles. The van der Waals surface area contributed by atoms with Crippen molar-refractivity contribution in [1.29, 1.82) is 0 Å². The van der Waals surface area contributed by atoms with Gasteiger partial charge in [-0.25, -0.2) is 0 Å². The molecule has 0 spiro atoms. The van der Waals surface area contributed by atoms with Gasteiger partial charge in [-0.15, -0.1) is 11.3 Å². The van der Waals surface area contributed by atoms with Crippen LogP contribution in [0, 0.1) is 12.8 Å². The molecule has 1 N–H and O–H groups in total. The van der Waals surface area contributed by atoms with Gasteiger partial charge in [0.1, 0.15) is 6.10 Å². The molecule has 2 aromatic rings. The normalized spacial score (nSPS) is 26.4. The lowest BCUT2D eigenvalue weighted by molar-refractivity contribution is -0.127. The Labute approximate surface area is 152 Å². The van der Waals surface area contributed by atoms with Crippen molar-refractivity contribution in [3.8, 4) is 0 Å². The molecule has 5 nitrogen and oxygen atoms in total. The quantitative estimate of drug-likeness (QED) is 0.914. The van der Waals surface area contributed by atoms with Crippen LogP contribution in [0.5, 0.6) is 0 Å². The van der Waals surface area contributed by atoms with E-state index in [4.69, 9.17) is 4.74 Å². The Bertz CT molecular complexity index is 734. The number of hydrogen-bond donors (Lipinski definition) is 1. The highest BCUT2D eigenvalue weighted by atomic mass is 32.1. The molecular weight excluding hydrogens is 334 g/mol. The van der Waals surface area contributed by atoms with Crippen molar-refractivity contribution >= 4 is 22.9 Å². The second kappa shape index (κ2) is 7.23. The standard InChI is InChI=1S/C19H23N3O2S/c1-13-16(5-2-7-20-13)21-19(23)17-10-14-6-8-22(12-18(14)24-17)11-15-4-3-9-25-15/h2-5,7,9,14,17-18H,6,8,10-12H2,1H3,(H,21,23)/t14-,17+,18-/m0/s1. The molecule has 0 saturated carbocycles. The zero-order valence-corrected chi connectivity index (χ0v) is 15.2. The van der Waals surface area contributed by atoms with E-state index in [0.717, 1.165) is 43.9 Å². The predicted molar refractivity (Wildman–Crippen MR) is 98.6 cm³/mol. The Morgan fingerprint density at radius 2 is 2.36 bits per heavy atom. The summed E-state index contributed by atoms with van der Waals surface area (Å²) < 4.78 is 6.12. The zero-order chi connectivity index (χ0) is 17.2. The Hall–Kier alpha value is -1.76. The summed E-state index contributed by atoms with van der Waals surface area (Å²) in [4.78, 5) is 20.6. The zero-order valence-electron chi connectivity index (χ0n) is 14.4. The first-order valence-corrected chi connectivity index (χ1v) is 9.69. The van der Waals surface area contributed by atoms with Crippen LogP contribution in [0.2, 0.25) is 0 Å². The minimum absolute atomic E-state index is 0.0460. The first kappa shape index (κ1) is 16.7. The minimum atomic E-state index is -0.351. The van der Waals surface area contributed by atoms with E-state index in [1.54, 1.807) is 17.5 Å². The number of nitrogens with one attached hydrogen (secondary N) is 1. The monoisotopic (exact) mass is 357 g/mol. The van der Waals surface area contributed by atoms with Crippen LogP contribution in [0.3, 0.4) is 0 Å².